The smallest absolute Gasteiger partial charge is 0.870 e. The third-order valence-corrected chi connectivity index (χ3v) is 6.71. The van der Waals surface area contributed by atoms with Crippen LogP contribution in [0.25, 0.3) is 33.4 Å². The van der Waals surface area contributed by atoms with Crippen LogP contribution in [-0.2, 0) is 0 Å². The topological polar surface area (TPSA) is 68.7 Å². The van der Waals surface area contributed by atoms with E-state index in [-0.39, 0.29) is 52.5 Å². The van der Waals surface area contributed by atoms with Crippen LogP contribution in [0.4, 0.5) is 0 Å². The van der Waals surface area contributed by atoms with Crippen molar-refractivity contribution in [2.24, 2.45) is 0 Å². The number of alkyl halides is 4. The zero-order valence-electron chi connectivity index (χ0n) is 28.6. The Morgan fingerprint density at radius 2 is 0.686 bits per heavy atom. The van der Waals surface area contributed by atoms with Crippen LogP contribution in [0.2, 0.25) is 0 Å². The number of hydrogen-bond acceptors (Lipinski definition) is 4. The van der Waals surface area contributed by atoms with E-state index in [1.54, 1.807) is 6.07 Å². The van der Waals surface area contributed by atoms with Crippen molar-refractivity contribution in [1.29, 1.82) is 0 Å². The van der Waals surface area contributed by atoms with Crippen molar-refractivity contribution in [3.8, 4) is 50.6 Å². The molecule has 0 aliphatic heterocycles. The SMILES string of the molecule is C1CC1.ClCCl.ClCCl.Oc1ccccc1-c1ccccc1.[Na+].[OH-].c1ccc(-c2ccccc2OCOc2ccccc2-c2ccccc2)cc1. The van der Waals surface area contributed by atoms with Crippen molar-refractivity contribution >= 4 is 46.4 Å². The molecular weight excluding hydrogens is 733 g/mol. The summed E-state index contributed by atoms with van der Waals surface area (Å²) >= 11 is 19.1. The predicted octanol–water partition coefficient (Wildman–Crippen LogP) is 10.3. The van der Waals surface area contributed by atoms with E-state index >= 15 is 0 Å². The van der Waals surface area contributed by atoms with Crippen LogP contribution in [-0.4, -0.2) is 28.1 Å². The van der Waals surface area contributed by atoms with E-state index in [1.807, 2.05) is 121 Å². The van der Waals surface area contributed by atoms with Gasteiger partial charge in [0, 0.05) is 16.7 Å². The van der Waals surface area contributed by atoms with Crippen molar-refractivity contribution in [2.75, 3.05) is 17.5 Å². The molecule has 262 valence electrons. The molecule has 6 aromatic rings. The molecule has 1 fully saturated rings. The van der Waals surface area contributed by atoms with Gasteiger partial charge in [-0.25, -0.2) is 0 Å². The van der Waals surface area contributed by atoms with Gasteiger partial charge in [-0.05, 0) is 34.9 Å². The molecule has 6 aromatic carbocycles. The summed E-state index contributed by atoms with van der Waals surface area (Å²) in [6.07, 6.45) is 4.50. The molecule has 0 atom stereocenters. The Labute approximate surface area is 344 Å². The Hall–Kier alpha value is -3.16. The number of aromatic hydroxyl groups is 1. The Morgan fingerprint density at radius 3 is 1.02 bits per heavy atom. The molecule has 0 heterocycles. The molecule has 1 aliphatic carbocycles. The van der Waals surface area contributed by atoms with Crippen molar-refractivity contribution in [2.45, 2.75) is 19.3 Å². The standard InChI is InChI=1S/C25H20O2.C12H10O.C3H6.2CH2Cl2.Na.H2O/c1-3-11-20(12-4-1)22-15-7-9-17-24(22)26-19-27-25-18-10-8-16-23(25)21-13-5-2-6-14-21;13-12-9-5-4-8-11(12)10-6-2-1-3-7-10;1-2-3-1;2*2-1-3;;/h1-18H,19H2;1-9,13H;1-3H2;2*1H2;;1H2/q;;;;;+1;/p-1. The van der Waals surface area contributed by atoms with Gasteiger partial charge in [-0.2, -0.15) is 0 Å². The van der Waals surface area contributed by atoms with Crippen molar-refractivity contribution in [3.63, 3.8) is 0 Å². The van der Waals surface area contributed by atoms with Crippen molar-refractivity contribution < 1.29 is 49.6 Å². The average molecular weight is 775 g/mol. The molecule has 2 N–H and O–H groups in total. The molecule has 4 nitrogen and oxygen atoms in total. The molecule has 0 bridgehead atoms. The van der Waals surface area contributed by atoms with E-state index in [0.29, 0.717) is 5.75 Å². The molecule has 0 spiro atoms. The van der Waals surface area contributed by atoms with Crippen molar-refractivity contribution in [1.82, 2.24) is 0 Å². The Balaban J connectivity index is 0.000000450. The fraction of sp³-hybridized carbons (Fsp3) is 0.143. The number of halogens is 4. The second kappa shape index (κ2) is 28.4. The van der Waals surface area contributed by atoms with Gasteiger partial charge in [-0.3, -0.25) is 0 Å². The maximum absolute atomic E-state index is 9.56. The van der Waals surface area contributed by atoms with Gasteiger partial charge in [0.15, 0.2) is 0 Å². The number of hydrogen-bond donors (Lipinski definition) is 1. The Morgan fingerprint density at radius 1 is 0.412 bits per heavy atom. The third-order valence-electron chi connectivity index (χ3n) is 6.71. The first-order valence-corrected chi connectivity index (χ1v) is 17.9. The summed E-state index contributed by atoms with van der Waals surface area (Å²) in [6.45, 7) is 0.147. The van der Waals surface area contributed by atoms with Crippen LogP contribution in [0, 0.1) is 0 Å². The number of rotatable bonds is 7. The monoisotopic (exact) mass is 772 g/mol. The number of phenolic OH excluding ortho intramolecular Hbond substituents is 1. The van der Waals surface area contributed by atoms with Crippen LogP contribution in [0.15, 0.2) is 164 Å². The van der Waals surface area contributed by atoms with Gasteiger partial charge in [0.2, 0.25) is 6.79 Å². The summed E-state index contributed by atoms with van der Waals surface area (Å²) in [5, 5.41) is 9.95. The maximum Gasteiger partial charge on any atom is 1.00 e. The normalized spacial score (nSPS) is 10.1. The summed E-state index contributed by atoms with van der Waals surface area (Å²) in [5.74, 6) is 1.94. The number of phenols is 1. The van der Waals surface area contributed by atoms with Crippen LogP contribution in [0.5, 0.6) is 17.2 Å². The minimum atomic E-state index is 0. The van der Waals surface area contributed by atoms with Gasteiger partial charge in [-0.1, -0.05) is 165 Å². The van der Waals surface area contributed by atoms with Crippen LogP contribution < -0.4 is 39.0 Å². The Bertz CT molecular complexity index is 1640. The number of benzene rings is 6. The van der Waals surface area contributed by atoms with Crippen LogP contribution >= 0.6 is 46.4 Å². The van der Waals surface area contributed by atoms with Gasteiger partial charge in [0.25, 0.3) is 0 Å². The van der Waals surface area contributed by atoms with E-state index in [2.05, 4.69) is 36.4 Å². The van der Waals surface area contributed by atoms with Gasteiger partial charge in [0.05, 0.1) is 10.7 Å². The van der Waals surface area contributed by atoms with E-state index in [9.17, 15) is 5.11 Å². The Kier molecular flexibility index (Phi) is 25.6. The predicted molar refractivity (Wildman–Crippen MR) is 212 cm³/mol. The van der Waals surface area contributed by atoms with Crippen molar-refractivity contribution in [3.05, 3.63) is 164 Å². The van der Waals surface area contributed by atoms with Gasteiger partial charge in [0.1, 0.15) is 17.2 Å². The van der Waals surface area contributed by atoms with Gasteiger partial charge >= 0.3 is 29.6 Å². The molecule has 0 unspecified atom stereocenters. The van der Waals surface area contributed by atoms with Gasteiger partial charge < -0.3 is 20.1 Å². The molecule has 9 heteroatoms. The van der Waals surface area contributed by atoms with E-state index in [1.165, 1.54) is 19.3 Å². The zero-order chi connectivity index (χ0) is 34.9. The fourth-order valence-corrected chi connectivity index (χ4v) is 4.39. The van der Waals surface area contributed by atoms with Crippen LogP contribution in [0.3, 0.4) is 0 Å². The number of para-hydroxylation sites is 3. The molecule has 0 amide bonds. The minimum Gasteiger partial charge on any atom is -0.870 e. The molecule has 0 saturated heterocycles. The van der Waals surface area contributed by atoms with E-state index < -0.39 is 0 Å². The molecule has 0 radical (unpaired) electrons. The van der Waals surface area contributed by atoms with E-state index in [0.717, 1.165) is 44.9 Å². The third kappa shape index (κ3) is 17.8. The van der Waals surface area contributed by atoms with Crippen LogP contribution in [0.1, 0.15) is 19.3 Å². The molecule has 0 aromatic heterocycles. The number of ether oxygens (including phenoxy) is 2. The first kappa shape index (κ1) is 45.9. The summed E-state index contributed by atoms with van der Waals surface area (Å²) in [5.41, 5.74) is 6.27. The van der Waals surface area contributed by atoms with E-state index in [4.69, 9.17) is 55.9 Å². The largest absolute Gasteiger partial charge is 1.00 e. The molecule has 1 saturated carbocycles. The second-order valence-electron chi connectivity index (χ2n) is 10.3. The fourth-order valence-electron chi connectivity index (χ4n) is 4.39. The first-order chi connectivity index (χ1) is 24.1. The summed E-state index contributed by atoms with van der Waals surface area (Å²) in [4.78, 5) is 0. The molecule has 51 heavy (non-hydrogen) atoms. The second-order valence-corrected chi connectivity index (χ2v) is 11.9. The summed E-state index contributed by atoms with van der Waals surface area (Å²) in [7, 11) is 0. The molecular formula is C42H41Cl4NaO4. The first-order valence-electron chi connectivity index (χ1n) is 15.7. The minimum absolute atomic E-state index is 0. The van der Waals surface area contributed by atoms with Gasteiger partial charge in [-0.15, -0.1) is 46.4 Å². The summed E-state index contributed by atoms with van der Waals surface area (Å²) in [6, 6.07) is 53.6. The maximum atomic E-state index is 9.56. The molecule has 7 rings (SSSR count). The quantitative estimate of drug-likeness (QED) is 0.0997. The molecule has 1 aliphatic rings. The zero-order valence-corrected chi connectivity index (χ0v) is 33.6. The average Bonchev–Trinajstić information content (AvgIpc) is 4.05. The summed E-state index contributed by atoms with van der Waals surface area (Å²) < 4.78 is 11.9.